The molecular weight excluding hydrogens is 304 g/mol. The summed E-state index contributed by atoms with van der Waals surface area (Å²) < 4.78 is 5.02. The smallest absolute Gasteiger partial charge is 0.401 e. The number of carbonyl (C=O) groups excluding carboxylic acids is 1. The van der Waals surface area contributed by atoms with E-state index in [0.717, 1.165) is 5.56 Å². The van der Waals surface area contributed by atoms with Crippen LogP contribution in [0.1, 0.15) is 21.7 Å². The van der Waals surface area contributed by atoms with Crippen LogP contribution in [0, 0.1) is 10.1 Å². The zero-order valence-electron chi connectivity index (χ0n) is 11.6. The first-order chi connectivity index (χ1) is 10.6. The number of thiol groups is 1. The van der Waals surface area contributed by atoms with Gasteiger partial charge in [0.15, 0.2) is 0 Å². The number of hydrogen-bond acceptors (Lipinski definition) is 5. The molecule has 0 aliphatic carbocycles. The zero-order chi connectivity index (χ0) is 15.9. The van der Waals surface area contributed by atoms with E-state index in [1.54, 1.807) is 30.4 Å². The molecule has 0 radical (unpaired) electrons. The second kappa shape index (κ2) is 7.46. The minimum absolute atomic E-state index is 0.169. The van der Waals surface area contributed by atoms with Gasteiger partial charge in [-0.2, -0.15) is 12.6 Å². The van der Waals surface area contributed by atoms with Crippen molar-refractivity contribution in [1.29, 1.82) is 0 Å². The van der Waals surface area contributed by atoms with Gasteiger partial charge < -0.3 is 9.73 Å². The second-order valence-corrected chi connectivity index (χ2v) is 4.82. The Morgan fingerprint density at radius 3 is 2.82 bits per heavy atom. The molecule has 0 fully saturated rings. The van der Waals surface area contributed by atoms with E-state index in [2.05, 4.69) is 17.9 Å². The quantitative estimate of drug-likeness (QED) is 0.487. The number of benzene rings is 1. The van der Waals surface area contributed by atoms with Gasteiger partial charge in [0, 0.05) is 17.9 Å². The highest BCUT2D eigenvalue weighted by Crippen LogP contribution is 2.18. The summed E-state index contributed by atoms with van der Waals surface area (Å²) in [7, 11) is 0. The minimum atomic E-state index is -0.594. The van der Waals surface area contributed by atoms with Crippen molar-refractivity contribution in [2.75, 3.05) is 12.3 Å². The molecule has 2 aromatic rings. The molecule has 0 unspecified atom stereocenters. The van der Waals surface area contributed by atoms with Gasteiger partial charge in [0.05, 0.1) is 6.07 Å². The first-order valence-electron chi connectivity index (χ1n) is 6.51. The van der Waals surface area contributed by atoms with Crippen molar-refractivity contribution in [3.63, 3.8) is 0 Å². The average molecular weight is 318 g/mol. The van der Waals surface area contributed by atoms with Crippen LogP contribution in [0.25, 0.3) is 12.2 Å². The first-order valence-corrected chi connectivity index (χ1v) is 7.15. The normalized spacial score (nSPS) is 10.8. The van der Waals surface area contributed by atoms with Gasteiger partial charge >= 0.3 is 5.88 Å². The number of carbonyl (C=O) groups is 1. The maximum Gasteiger partial charge on any atom is 0.433 e. The lowest BCUT2D eigenvalue weighted by atomic mass is 10.1. The Labute approximate surface area is 132 Å². The topological polar surface area (TPSA) is 85.4 Å². The highest BCUT2D eigenvalue weighted by atomic mass is 32.1. The van der Waals surface area contributed by atoms with Crippen molar-refractivity contribution >= 4 is 36.6 Å². The fourth-order valence-corrected chi connectivity index (χ4v) is 1.88. The lowest BCUT2D eigenvalue weighted by Crippen LogP contribution is -2.25. The van der Waals surface area contributed by atoms with Crippen LogP contribution in [-0.2, 0) is 0 Å². The molecule has 0 saturated heterocycles. The van der Waals surface area contributed by atoms with Gasteiger partial charge in [-0.05, 0) is 29.8 Å². The minimum Gasteiger partial charge on any atom is -0.401 e. The molecule has 1 amide bonds. The molecule has 1 heterocycles. The third-order valence-corrected chi connectivity index (χ3v) is 3.00. The Balaban J connectivity index is 2.10. The predicted octanol–water partition coefficient (Wildman–Crippen LogP) is 3.02. The van der Waals surface area contributed by atoms with Crippen LogP contribution in [-0.4, -0.2) is 23.1 Å². The number of rotatable bonds is 6. The molecule has 1 aromatic carbocycles. The van der Waals surface area contributed by atoms with Gasteiger partial charge in [0.2, 0.25) is 0 Å². The third-order valence-electron chi connectivity index (χ3n) is 2.78. The van der Waals surface area contributed by atoms with Crippen LogP contribution in [0.3, 0.4) is 0 Å². The van der Waals surface area contributed by atoms with E-state index in [-0.39, 0.29) is 11.8 Å². The molecule has 114 valence electrons. The SMILES string of the molecule is O=C(NCCS)c1cccc(C=Cc2ccc([N+](=O)[O-])o2)c1. The maximum absolute atomic E-state index is 11.8. The van der Waals surface area contributed by atoms with Gasteiger partial charge in [-0.25, -0.2) is 0 Å². The van der Waals surface area contributed by atoms with Crippen molar-refractivity contribution in [1.82, 2.24) is 5.32 Å². The molecule has 1 N–H and O–H groups in total. The number of furan rings is 1. The highest BCUT2D eigenvalue weighted by molar-refractivity contribution is 7.80. The van der Waals surface area contributed by atoms with E-state index in [1.807, 2.05) is 6.07 Å². The fraction of sp³-hybridized carbons (Fsp3) is 0.133. The van der Waals surface area contributed by atoms with Crippen LogP contribution in [0.15, 0.2) is 40.8 Å². The standard InChI is InChI=1S/C15H14N2O4S/c18-15(16-8-9-22)12-3-1-2-11(10-12)4-5-13-6-7-14(21-13)17(19)20/h1-7,10,22H,8-9H2,(H,16,18). The van der Waals surface area contributed by atoms with Crippen LogP contribution in [0.5, 0.6) is 0 Å². The molecule has 2 rings (SSSR count). The van der Waals surface area contributed by atoms with Crippen LogP contribution < -0.4 is 5.32 Å². The fourth-order valence-electron chi connectivity index (χ4n) is 1.76. The molecule has 0 atom stereocenters. The number of hydrogen-bond donors (Lipinski definition) is 2. The maximum atomic E-state index is 11.8. The molecule has 0 aliphatic heterocycles. The van der Waals surface area contributed by atoms with E-state index in [1.165, 1.54) is 12.1 Å². The number of nitrogens with one attached hydrogen (secondary N) is 1. The summed E-state index contributed by atoms with van der Waals surface area (Å²) in [6.45, 7) is 0.498. The molecule has 7 heteroatoms. The van der Waals surface area contributed by atoms with Crippen LogP contribution in [0.4, 0.5) is 5.88 Å². The Kier molecular flexibility index (Phi) is 5.37. The first kappa shape index (κ1) is 15.8. The van der Waals surface area contributed by atoms with Gasteiger partial charge in [-0.15, -0.1) is 0 Å². The summed E-state index contributed by atoms with van der Waals surface area (Å²) >= 11 is 4.03. The van der Waals surface area contributed by atoms with Crippen molar-refractivity contribution in [2.45, 2.75) is 0 Å². The van der Waals surface area contributed by atoms with Crippen LogP contribution in [0.2, 0.25) is 0 Å². The lowest BCUT2D eigenvalue weighted by molar-refractivity contribution is -0.402. The zero-order valence-corrected chi connectivity index (χ0v) is 12.5. The molecule has 0 spiro atoms. The second-order valence-electron chi connectivity index (χ2n) is 4.37. The lowest BCUT2D eigenvalue weighted by Gasteiger charge is -2.03. The largest absolute Gasteiger partial charge is 0.433 e. The Morgan fingerprint density at radius 1 is 1.32 bits per heavy atom. The molecular formula is C15H14N2O4S. The van der Waals surface area contributed by atoms with Gasteiger partial charge in [-0.1, -0.05) is 18.2 Å². The summed E-state index contributed by atoms with van der Waals surface area (Å²) in [6, 6.07) is 9.83. The molecule has 22 heavy (non-hydrogen) atoms. The molecule has 6 nitrogen and oxygen atoms in total. The third kappa shape index (κ3) is 4.23. The van der Waals surface area contributed by atoms with Crippen molar-refractivity contribution in [2.24, 2.45) is 0 Å². The van der Waals surface area contributed by atoms with Gasteiger partial charge in [-0.3, -0.25) is 14.9 Å². The predicted molar refractivity (Wildman–Crippen MR) is 86.9 cm³/mol. The van der Waals surface area contributed by atoms with Crippen LogP contribution >= 0.6 is 12.6 Å². The molecule has 1 aromatic heterocycles. The average Bonchev–Trinajstić information content (AvgIpc) is 3.00. The van der Waals surface area contributed by atoms with E-state index in [9.17, 15) is 14.9 Å². The summed E-state index contributed by atoms with van der Waals surface area (Å²) in [4.78, 5) is 21.8. The molecule has 0 aliphatic rings. The van der Waals surface area contributed by atoms with E-state index in [0.29, 0.717) is 23.6 Å². The summed E-state index contributed by atoms with van der Waals surface area (Å²) in [5.74, 6) is 0.469. The summed E-state index contributed by atoms with van der Waals surface area (Å²) in [5.41, 5.74) is 1.33. The van der Waals surface area contributed by atoms with E-state index >= 15 is 0 Å². The monoisotopic (exact) mass is 318 g/mol. The molecule has 0 saturated carbocycles. The van der Waals surface area contributed by atoms with Crippen molar-refractivity contribution < 1.29 is 14.1 Å². The number of amides is 1. The Bertz CT molecular complexity index is 709. The highest BCUT2D eigenvalue weighted by Gasteiger charge is 2.10. The molecule has 0 bridgehead atoms. The van der Waals surface area contributed by atoms with Gasteiger partial charge in [0.1, 0.15) is 10.7 Å². The van der Waals surface area contributed by atoms with E-state index in [4.69, 9.17) is 4.42 Å². The number of nitrogens with zero attached hydrogens (tertiary/aromatic N) is 1. The van der Waals surface area contributed by atoms with Crippen molar-refractivity contribution in [3.05, 3.63) is 63.4 Å². The summed E-state index contributed by atoms with van der Waals surface area (Å²) in [6.07, 6.45) is 3.33. The Hall–Kier alpha value is -2.54. The summed E-state index contributed by atoms with van der Waals surface area (Å²) in [5, 5.41) is 13.3. The Morgan fingerprint density at radius 2 is 2.14 bits per heavy atom. The van der Waals surface area contributed by atoms with Crippen molar-refractivity contribution in [3.8, 4) is 0 Å². The van der Waals surface area contributed by atoms with E-state index < -0.39 is 4.92 Å². The van der Waals surface area contributed by atoms with Gasteiger partial charge in [0.25, 0.3) is 5.91 Å². The number of nitro groups is 1.